The molecule has 1 amide bonds. The van der Waals surface area contributed by atoms with Crippen LogP contribution < -0.4 is 10.6 Å². The number of rotatable bonds is 4. The smallest absolute Gasteiger partial charge is 0.255 e. The van der Waals surface area contributed by atoms with Gasteiger partial charge in [-0.25, -0.2) is 4.98 Å². The van der Waals surface area contributed by atoms with E-state index in [4.69, 9.17) is 4.42 Å². The van der Waals surface area contributed by atoms with Crippen molar-refractivity contribution in [2.24, 2.45) is 0 Å². The number of nitrogens with one attached hydrogen (secondary N) is 2. The van der Waals surface area contributed by atoms with E-state index in [-0.39, 0.29) is 17.6 Å². The number of thiophene rings is 1. The molecular weight excluding hydrogens is 422 g/mol. The van der Waals surface area contributed by atoms with Gasteiger partial charge in [-0.2, -0.15) is 11.3 Å². The van der Waals surface area contributed by atoms with Crippen molar-refractivity contribution in [3.63, 3.8) is 0 Å². The molecule has 7 heteroatoms. The molecule has 0 radical (unpaired) electrons. The highest BCUT2D eigenvalue weighted by Crippen LogP contribution is 2.46. The molecule has 4 heterocycles. The van der Waals surface area contributed by atoms with Crippen LogP contribution in [0.5, 0.6) is 0 Å². The lowest BCUT2D eigenvalue weighted by Crippen LogP contribution is -2.37. The van der Waals surface area contributed by atoms with Crippen LogP contribution in [0, 0.1) is 6.92 Å². The summed E-state index contributed by atoms with van der Waals surface area (Å²) in [7, 11) is 0. The normalized spacial score (nSPS) is 20.8. The third-order valence-corrected chi connectivity index (χ3v) is 6.73. The number of aryl methyl sites for hydroxylation is 1. The highest BCUT2D eigenvalue weighted by Gasteiger charge is 2.41. The van der Waals surface area contributed by atoms with Gasteiger partial charge in [-0.1, -0.05) is 6.07 Å². The first-order valence-corrected chi connectivity index (χ1v) is 11.5. The van der Waals surface area contributed by atoms with Gasteiger partial charge < -0.3 is 15.1 Å². The molecule has 0 spiro atoms. The molecule has 6 nitrogen and oxygen atoms in total. The number of dihydropyridines is 1. The number of hydrogen-bond acceptors (Lipinski definition) is 6. The maximum Gasteiger partial charge on any atom is 0.255 e. The number of Topliss-reactive ketones (excluding diaryl/α,β-unsaturated/α-hetero) is 1. The molecule has 3 aromatic heterocycles. The zero-order valence-electron chi connectivity index (χ0n) is 17.8. The molecule has 0 saturated heterocycles. The topological polar surface area (TPSA) is 84.2 Å². The van der Waals surface area contributed by atoms with Gasteiger partial charge in [0.2, 0.25) is 0 Å². The molecule has 3 aromatic rings. The minimum absolute atomic E-state index is 0.00783. The second-order valence-electron chi connectivity index (χ2n) is 8.21. The largest absolute Gasteiger partial charge is 0.469 e. The van der Waals surface area contributed by atoms with Crippen LogP contribution in [0.1, 0.15) is 48.6 Å². The van der Waals surface area contributed by atoms with Gasteiger partial charge in [-0.3, -0.25) is 9.59 Å². The number of nitrogens with zero attached hydrogens (tertiary/aromatic N) is 1. The Bertz CT molecular complexity index is 1240. The summed E-state index contributed by atoms with van der Waals surface area (Å²) in [5.74, 6) is 0.681. The molecule has 0 aromatic carbocycles. The highest BCUT2D eigenvalue weighted by atomic mass is 32.1. The number of hydrogen-bond donors (Lipinski definition) is 2. The molecule has 0 bridgehead atoms. The first kappa shape index (κ1) is 20.5. The number of carbonyl (C=O) groups is 2. The first-order chi connectivity index (χ1) is 15.5. The van der Waals surface area contributed by atoms with Gasteiger partial charge in [0.1, 0.15) is 11.6 Å². The molecule has 5 rings (SSSR count). The zero-order valence-corrected chi connectivity index (χ0v) is 18.7. The Hall–Kier alpha value is -3.45. The van der Waals surface area contributed by atoms with E-state index in [0.29, 0.717) is 29.8 Å². The van der Waals surface area contributed by atoms with Crippen molar-refractivity contribution in [1.82, 2.24) is 10.3 Å². The van der Waals surface area contributed by atoms with Crippen LogP contribution in [0.2, 0.25) is 0 Å². The number of allylic oxidation sites excluding steroid dienone is 3. The summed E-state index contributed by atoms with van der Waals surface area (Å²) in [6, 6.07) is 11.3. The van der Waals surface area contributed by atoms with E-state index in [1.807, 2.05) is 54.9 Å². The van der Waals surface area contributed by atoms with Crippen molar-refractivity contribution in [3.05, 3.63) is 93.0 Å². The van der Waals surface area contributed by atoms with Gasteiger partial charge in [0, 0.05) is 46.5 Å². The Morgan fingerprint density at radius 2 is 2.06 bits per heavy atom. The Labute approximate surface area is 190 Å². The second-order valence-corrected chi connectivity index (χ2v) is 8.99. The predicted molar refractivity (Wildman–Crippen MR) is 123 cm³/mol. The zero-order chi connectivity index (χ0) is 22.2. The fraction of sp³-hybridized carbons (Fsp3) is 0.240. The van der Waals surface area contributed by atoms with Gasteiger partial charge in [0.25, 0.3) is 5.91 Å². The van der Waals surface area contributed by atoms with Crippen molar-refractivity contribution in [2.45, 2.75) is 38.5 Å². The number of amides is 1. The number of anilines is 1. The lowest BCUT2D eigenvalue weighted by atomic mass is 9.73. The van der Waals surface area contributed by atoms with Crippen LogP contribution >= 0.6 is 11.3 Å². The lowest BCUT2D eigenvalue weighted by molar-refractivity contribution is -0.116. The Kier molecular flexibility index (Phi) is 5.27. The molecule has 1 aliphatic carbocycles. The van der Waals surface area contributed by atoms with E-state index in [0.717, 1.165) is 28.4 Å². The van der Waals surface area contributed by atoms with Crippen molar-refractivity contribution in [1.29, 1.82) is 0 Å². The van der Waals surface area contributed by atoms with Crippen LogP contribution in [0.4, 0.5) is 5.82 Å². The number of ketones is 1. The van der Waals surface area contributed by atoms with E-state index >= 15 is 0 Å². The van der Waals surface area contributed by atoms with Crippen LogP contribution in [0.25, 0.3) is 0 Å². The summed E-state index contributed by atoms with van der Waals surface area (Å²) < 4.78 is 5.58. The Morgan fingerprint density at radius 1 is 1.19 bits per heavy atom. The molecule has 0 saturated carbocycles. The van der Waals surface area contributed by atoms with Gasteiger partial charge in [-0.15, -0.1) is 0 Å². The monoisotopic (exact) mass is 445 g/mol. The maximum absolute atomic E-state index is 13.4. The fourth-order valence-electron chi connectivity index (χ4n) is 4.63. The summed E-state index contributed by atoms with van der Waals surface area (Å²) in [5, 5.41) is 10.3. The van der Waals surface area contributed by atoms with Crippen LogP contribution in [-0.2, 0) is 9.59 Å². The summed E-state index contributed by atoms with van der Waals surface area (Å²) in [6.07, 6.45) is 2.67. The molecule has 162 valence electrons. The number of pyridine rings is 1. The molecule has 2 atom stereocenters. The maximum atomic E-state index is 13.4. The lowest BCUT2D eigenvalue weighted by Gasteiger charge is -2.36. The summed E-state index contributed by atoms with van der Waals surface area (Å²) in [5.41, 5.74) is 4.63. The van der Waals surface area contributed by atoms with E-state index in [1.165, 1.54) is 0 Å². The predicted octanol–water partition coefficient (Wildman–Crippen LogP) is 5.04. The number of aromatic nitrogens is 1. The third kappa shape index (κ3) is 3.69. The minimum Gasteiger partial charge on any atom is -0.469 e. The average molecular weight is 446 g/mol. The Morgan fingerprint density at radius 3 is 2.78 bits per heavy atom. The SMILES string of the molecule is CC1=C(C(=O)Nc2cccc(C)n2)C(c2ccsc2)C2=C(CC(c3ccco3)CC2=O)N1. The van der Waals surface area contributed by atoms with Crippen LogP contribution in [0.3, 0.4) is 0 Å². The van der Waals surface area contributed by atoms with Crippen molar-refractivity contribution < 1.29 is 14.0 Å². The summed E-state index contributed by atoms with van der Waals surface area (Å²) in [6.45, 7) is 3.77. The minimum atomic E-state index is -0.410. The molecule has 2 unspecified atom stereocenters. The average Bonchev–Trinajstić information content (AvgIpc) is 3.47. The van der Waals surface area contributed by atoms with Crippen LogP contribution in [-0.4, -0.2) is 16.7 Å². The molecule has 2 N–H and O–H groups in total. The Balaban J connectivity index is 1.53. The molecule has 2 aliphatic rings. The van der Waals surface area contributed by atoms with Crippen molar-refractivity contribution in [3.8, 4) is 0 Å². The summed E-state index contributed by atoms with van der Waals surface area (Å²) in [4.78, 5) is 31.2. The molecule has 1 aliphatic heterocycles. The number of furan rings is 1. The molecule has 32 heavy (non-hydrogen) atoms. The van der Waals surface area contributed by atoms with E-state index < -0.39 is 5.92 Å². The standard InChI is InChI=1S/C25H23N3O3S/c1-14-5-3-7-21(26-14)28-25(30)22-15(2)27-18-11-17(20-6-4-9-31-20)12-19(29)24(18)23(22)16-8-10-32-13-16/h3-10,13,17,23,27H,11-12H2,1-2H3,(H,26,28,30). The first-order valence-electron chi connectivity index (χ1n) is 10.6. The van der Waals surface area contributed by atoms with Gasteiger partial charge in [0.05, 0.1) is 6.26 Å². The van der Waals surface area contributed by atoms with Crippen molar-refractivity contribution >= 4 is 28.8 Å². The highest BCUT2D eigenvalue weighted by molar-refractivity contribution is 7.08. The van der Waals surface area contributed by atoms with E-state index in [1.54, 1.807) is 23.7 Å². The molecular formula is C25H23N3O3S. The third-order valence-electron chi connectivity index (χ3n) is 6.02. The second kappa shape index (κ2) is 8.24. The van der Waals surface area contributed by atoms with E-state index in [2.05, 4.69) is 15.6 Å². The van der Waals surface area contributed by atoms with Crippen LogP contribution in [0.15, 0.2) is 80.4 Å². The quantitative estimate of drug-likeness (QED) is 0.587. The fourth-order valence-corrected chi connectivity index (χ4v) is 5.32. The number of carbonyl (C=O) groups excluding carboxylic acids is 2. The van der Waals surface area contributed by atoms with Gasteiger partial charge in [-0.05, 0) is 66.9 Å². The van der Waals surface area contributed by atoms with Crippen molar-refractivity contribution in [2.75, 3.05) is 5.32 Å². The van der Waals surface area contributed by atoms with Gasteiger partial charge >= 0.3 is 0 Å². The van der Waals surface area contributed by atoms with E-state index in [9.17, 15) is 9.59 Å². The van der Waals surface area contributed by atoms with Gasteiger partial charge in [0.15, 0.2) is 5.78 Å². The summed E-state index contributed by atoms with van der Waals surface area (Å²) >= 11 is 1.56. The molecule has 0 fully saturated rings.